The maximum atomic E-state index is 12.7. The van der Waals surface area contributed by atoms with Crippen LogP contribution < -0.4 is 4.74 Å². The summed E-state index contributed by atoms with van der Waals surface area (Å²) in [5.74, 6) is 0.609. The fourth-order valence-electron chi connectivity index (χ4n) is 3.58. The molecule has 3 rings (SSSR count). The molecule has 1 aromatic carbocycles. The predicted molar refractivity (Wildman–Crippen MR) is 87.7 cm³/mol. The van der Waals surface area contributed by atoms with E-state index in [0.29, 0.717) is 16.3 Å². The first-order valence-corrected chi connectivity index (χ1v) is 8.43. The molecule has 0 N–H and O–H groups in total. The summed E-state index contributed by atoms with van der Waals surface area (Å²) in [7, 11) is 1.58. The monoisotopic (exact) mass is 322 g/mol. The minimum atomic E-state index is 0.0189. The molecule has 1 aromatic rings. The zero-order chi connectivity index (χ0) is 15.5. The van der Waals surface area contributed by atoms with Gasteiger partial charge in [-0.15, -0.1) is 0 Å². The second-order valence-electron chi connectivity index (χ2n) is 6.11. The van der Waals surface area contributed by atoms with Crippen molar-refractivity contribution in [2.75, 3.05) is 33.3 Å². The molecule has 4 nitrogen and oxygen atoms in total. The van der Waals surface area contributed by atoms with Gasteiger partial charge in [-0.05, 0) is 31.0 Å². The molecule has 2 fully saturated rings. The molecule has 1 aliphatic heterocycles. The van der Waals surface area contributed by atoms with E-state index >= 15 is 0 Å². The van der Waals surface area contributed by atoms with E-state index in [9.17, 15) is 4.79 Å². The van der Waals surface area contributed by atoms with E-state index in [0.717, 1.165) is 32.2 Å². The first-order valence-electron chi connectivity index (χ1n) is 8.06. The topological polar surface area (TPSA) is 32.8 Å². The van der Waals surface area contributed by atoms with Crippen molar-refractivity contribution in [2.24, 2.45) is 0 Å². The molecule has 0 unspecified atom stereocenters. The third kappa shape index (κ3) is 3.23. The van der Waals surface area contributed by atoms with Gasteiger partial charge in [0.05, 0.1) is 12.7 Å². The van der Waals surface area contributed by atoms with Gasteiger partial charge < -0.3 is 9.64 Å². The van der Waals surface area contributed by atoms with Gasteiger partial charge in [-0.25, -0.2) is 0 Å². The second-order valence-corrected chi connectivity index (χ2v) is 6.55. The minimum absolute atomic E-state index is 0.0189. The normalized spacial score (nSPS) is 20.4. The minimum Gasteiger partial charge on any atom is -0.496 e. The summed E-state index contributed by atoms with van der Waals surface area (Å²) in [6.45, 7) is 3.51. The molecule has 2 aliphatic rings. The maximum Gasteiger partial charge on any atom is 0.257 e. The summed E-state index contributed by atoms with van der Waals surface area (Å²) in [5.41, 5.74) is 0.560. The van der Waals surface area contributed by atoms with Gasteiger partial charge in [0, 0.05) is 37.2 Å². The van der Waals surface area contributed by atoms with Crippen LogP contribution in [0.15, 0.2) is 18.2 Å². The number of nitrogens with zero attached hydrogens (tertiary/aromatic N) is 2. The number of benzene rings is 1. The Morgan fingerprint density at radius 1 is 1.18 bits per heavy atom. The number of amides is 1. The first-order chi connectivity index (χ1) is 10.7. The van der Waals surface area contributed by atoms with Crippen LogP contribution in [-0.4, -0.2) is 55.0 Å². The summed E-state index contributed by atoms with van der Waals surface area (Å²) in [5, 5.41) is 0.564. The average Bonchev–Trinajstić information content (AvgIpc) is 3.09. The highest BCUT2D eigenvalue weighted by Gasteiger charge is 2.29. The molecule has 0 spiro atoms. The van der Waals surface area contributed by atoms with Crippen LogP contribution in [0.5, 0.6) is 5.75 Å². The lowest BCUT2D eigenvalue weighted by Gasteiger charge is -2.38. The highest BCUT2D eigenvalue weighted by Crippen LogP contribution is 2.27. The van der Waals surface area contributed by atoms with Crippen LogP contribution in [0.2, 0.25) is 5.02 Å². The fraction of sp³-hybridized carbons (Fsp3) is 0.588. The Labute approximate surface area is 137 Å². The van der Waals surface area contributed by atoms with Crippen molar-refractivity contribution in [3.63, 3.8) is 0 Å². The van der Waals surface area contributed by atoms with Gasteiger partial charge >= 0.3 is 0 Å². The van der Waals surface area contributed by atoms with E-state index in [1.807, 2.05) is 4.90 Å². The Bertz CT molecular complexity index is 535. The third-order valence-corrected chi connectivity index (χ3v) is 5.07. The Hall–Kier alpha value is -1.26. The van der Waals surface area contributed by atoms with Crippen molar-refractivity contribution >= 4 is 17.5 Å². The number of hydrogen-bond acceptors (Lipinski definition) is 3. The van der Waals surface area contributed by atoms with Crippen LogP contribution in [0.3, 0.4) is 0 Å². The van der Waals surface area contributed by atoms with Gasteiger partial charge in [0.2, 0.25) is 0 Å². The van der Waals surface area contributed by atoms with Crippen LogP contribution in [0, 0.1) is 0 Å². The molecule has 5 heteroatoms. The SMILES string of the molecule is COc1ccc(Cl)cc1C(=O)N1CCN(C2CCCC2)CC1. The lowest BCUT2D eigenvalue weighted by atomic mass is 10.1. The number of halogens is 1. The van der Waals surface area contributed by atoms with E-state index in [-0.39, 0.29) is 5.91 Å². The number of piperazine rings is 1. The third-order valence-electron chi connectivity index (χ3n) is 4.83. The molecule has 0 aromatic heterocycles. The van der Waals surface area contributed by atoms with E-state index in [1.54, 1.807) is 25.3 Å². The number of rotatable bonds is 3. The Morgan fingerprint density at radius 2 is 1.86 bits per heavy atom. The summed E-state index contributed by atoms with van der Waals surface area (Å²) < 4.78 is 5.30. The van der Waals surface area contributed by atoms with Gasteiger partial charge in [0.25, 0.3) is 5.91 Å². The molecule has 1 heterocycles. The van der Waals surface area contributed by atoms with E-state index in [2.05, 4.69) is 4.90 Å². The van der Waals surface area contributed by atoms with Crippen molar-refractivity contribution in [1.29, 1.82) is 0 Å². The first kappa shape index (κ1) is 15.6. The predicted octanol–water partition coefficient (Wildman–Crippen LogP) is 3.05. The molecular weight excluding hydrogens is 300 g/mol. The lowest BCUT2D eigenvalue weighted by Crippen LogP contribution is -2.51. The smallest absolute Gasteiger partial charge is 0.257 e. The number of methoxy groups -OCH3 is 1. The Morgan fingerprint density at radius 3 is 2.50 bits per heavy atom. The summed E-state index contributed by atoms with van der Waals surface area (Å²) in [4.78, 5) is 17.2. The van der Waals surface area contributed by atoms with Crippen LogP contribution in [-0.2, 0) is 0 Å². The average molecular weight is 323 g/mol. The second kappa shape index (κ2) is 6.88. The van der Waals surface area contributed by atoms with Gasteiger partial charge in [0.1, 0.15) is 5.75 Å². The van der Waals surface area contributed by atoms with Crippen LogP contribution in [0.4, 0.5) is 0 Å². The zero-order valence-corrected chi connectivity index (χ0v) is 13.8. The number of carbonyl (C=O) groups excluding carboxylic acids is 1. The van der Waals surface area contributed by atoms with Crippen molar-refractivity contribution in [3.8, 4) is 5.75 Å². The summed E-state index contributed by atoms with van der Waals surface area (Å²) in [6.07, 6.45) is 5.33. The van der Waals surface area contributed by atoms with E-state index in [4.69, 9.17) is 16.3 Å². The van der Waals surface area contributed by atoms with E-state index < -0.39 is 0 Å². The van der Waals surface area contributed by atoms with Crippen LogP contribution in [0.1, 0.15) is 36.0 Å². The molecular formula is C17H23ClN2O2. The molecule has 120 valence electrons. The zero-order valence-electron chi connectivity index (χ0n) is 13.1. The van der Waals surface area contributed by atoms with Crippen molar-refractivity contribution in [2.45, 2.75) is 31.7 Å². The summed E-state index contributed by atoms with van der Waals surface area (Å²) >= 11 is 6.03. The van der Waals surface area contributed by atoms with Crippen molar-refractivity contribution < 1.29 is 9.53 Å². The van der Waals surface area contributed by atoms with E-state index in [1.165, 1.54) is 25.7 Å². The molecule has 0 atom stereocenters. The lowest BCUT2D eigenvalue weighted by molar-refractivity contribution is 0.0570. The molecule has 1 saturated carbocycles. The van der Waals surface area contributed by atoms with Crippen LogP contribution in [0.25, 0.3) is 0 Å². The molecule has 1 saturated heterocycles. The highest BCUT2D eigenvalue weighted by molar-refractivity contribution is 6.31. The Balaban J connectivity index is 1.65. The van der Waals surface area contributed by atoms with Gasteiger partial charge in [-0.2, -0.15) is 0 Å². The molecule has 1 aliphatic carbocycles. The maximum absolute atomic E-state index is 12.7. The van der Waals surface area contributed by atoms with Gasteiger partial charge in [-0.3, -0.25) is 9.69 Å². The molecule has 1 amide bonds. The Kier molecular flexibility index (Phi) is 4.89. The largest absolute Gasteiger partial charge is 0.496 e. The quantitative estimate of drug-likeness (QED) is 0.857. The highest BCUT2D eigenvalue weighted by atomic mass is 35.5. The molecule has 0 radical (unpaired) electrons. The summed E-state index contributed by atoms with van der Waals surface area (Å²) in [6, 6.07) is 5.93. The van der Waals surface area contributed by atoms with Crippen molar-refractivity contribution in [1.82, 2.24) is 9.80 Å². The molecule has 22 heavy (non-hydrogen) atoms. The fourth-order valence-corrected chi connectivity index (χ4v) is 3.75. The number of ether oxygens (including phenoxy) is 1. The standard InChI is InChI=1S/C17H23ClN2O2/c1-22-16-7-6-13(18)12-15(16)17(21)20-10-8-19(9-11-20)14-4-2-3-5-14/h6-7,12,14H,2-5,8-11H2,1H3. The van der Waals surface area contributed by atoms with Crippen LogP contribution >= 0.6 is 11.6 Å². The van der Waals surface area contributed by atoms with Gasteiger partial charge in [-0.1, -0.05) is 24.4 Å². The van der Waals surface area contributed by atoms with Gasteiger partial charge in [0.15, 0.2) is 0 Å². The number of hydrogen-bond donors (Lipinski definition) is 0. The number of carbonyl (C=O) groups is 1. The molecule has 0 bridgehead atoms. The van der Waals surface area contributed by atoms with Crippen molar-refractivity contribution in [3.05, 3.63) is 28.8 Å².